The summed E-state index contributed by atoms with van der Waals surface area (Å²) >= 11 is 0. The summed E-state index contributed by atoms with van der Waals surface area (Å²) in [4.78, 5) is 66.4. The van der Waals surface area contributed by atoms with Gasteiger partial charge in [0, 0.05) is 32.1 Å². The smallest absolute Gasteiger partial charge is 0.220 e. The van der Waals surface area contributed by atoms with Gasteiger partial charge < -0.3 is 25.5 Å². The quantitative estimate of drug-likeness (QED) is 0.158. The van der Waals surface area contributed by atoms with Crippen LogP contribution in [0, 0.1) is 0 Å². The lowest BCUT2D eigenvalue weighted by Crippen LogP contribution is -2.86. The van der Waals surface area contributed by atoms with Gasteiger partial charge in [-0.25, -0.2) is 0 Å². The van der Waals surface area contributed by atoms with E-state index in [1.807, 2.05) is 0 Å². The first-order valence-electron chi connectivity index (χ1n) is 12.4. The summed E-state index contributed by atoms with van der Waals surface area (Å²) in [6.45, 7) is 5.94. The molecule has 0 heterocycles. The van der Waals surface area contributed by atoms with Gasteiger partial charge in [-0.05, 0) is 32.1 Å². The lowest BCUT2D eigenvalue weighted by molar-refractivity contribution is -0.267. The Morgan fingerprint density at radius 2 is 0.771 bits per heavy atom. The molecule has 3 atom stereocenters. The van der Waals surface area contributed by atoms with Crippen molar-refractivity contribution in [2.24, 2.45) is 0 Å². The first kappa shape index (κ1) is 33.1. The first-order chi connectivity index (χ1) is 16.2. The van der Waals surface area contributed by atoms with Crippen LogP contribution in [0.4, 0.5) is 0 Å². The molecule has 10 nitrogen and oxygen atoms in total. The van der Waals surface area contributed by atoms with Crippen LogP contribution in [0.3, 0.4) is 0 Å². The Balaban J connectivity index is 7.97. The van der Waals surface area contributed by atoms with Crippen molar-refractivity contribution in [2.45, 2.75) is 121 Å². The van der Waals surface area contributed by atoms with Gasteiger partial charge in [0.25, 0.3) is 0 Å². The van der Waals surface area contributed by atoms with Gasteiger partial charge in [0.2, 0.25) is 16.8 Å². The molecule has 0 spiro atoms. The predicted molar refractivity (Wildman–Crippen MR) is 126 cm³/mol. The summed E-state index contributed by atoms with van der Waals surface area (Å²) in [5.41, 5.74) is -15.0. The molecular weight excluding hydrogens is 460 g/mol. The van der Waals surface area contributed by atoms with E-state index in [-0.39, 0.29) is 32.1 Å². The number of aliphatic hydroxyl groups is 5. The molecule has 35 heavy (non-hydrogen) atoms. The van der Waals surface area contributed by atoms with Crippen LogP contribution in [-0.4, -0.2) is 83.5 Å². The van der Waals surface area contributed by atoms with Crippen LogP contribution in [0.2, 0.25) is 0 Å². The molecule has 0 saturated carbocycles. The molecule has 0 unspecified atom stereocenters. The second-order valence-corrected chi connectivity index (χ2v) is 9.02. The second kappa shape index (κ2) is 13.5. The molecule has 0 aromatic rings. The molecule has 0 aromatic heterocycles. The normalized spacial score (nSPS) is 17.1. The highest BCUT2D eigenvalue weighted by atomic mass is 16.4. The van der Waals surface area contributed by atoms with Crippen LogP contribution in [0.5, 0.6) is 0 Å². The van der Waals surface area contributed by atoms with E-state index in [0.717, 1.165) is 0 Å². The highest BCUT2D eigenvalue weighted by Crippen LogP contribution is 2.46. The van der Waals surface area contributed by atoms with Gasteiger partial charge >= 0.3 is 0 Å². The maximum atomic E-state index is 13.5. The van der Waals surface area contributed by atoms with E-state index in [1.54, 1.807) is 0 Å². The van der Waals surface area contributed by atoms with Gasteiger partial charge in [-0.1, -0.05) is 34.6 Å². The Bertz CT molecular complexity index is 773. The monoisotopic (exact) mass is 502 g/mol. The van der Waals surface area contributed by atoms with Crippen molar-refractivity contribution in [3.05, 3.63) is 0 Å². The SMILES string of the molecule is CCCC(=O)C(O)(C(=O)CCC)[C@@](O)(C(=O)CCC)[C@](O)(C(=O)CCC)[C@](O)(CO)C(=O)CCC. The van der Waals surface area contributed by atoms with E-state index < -0.39 is 90.0 Å². The largest absolute Gasteiger partial charge is 0.393 e. The molecule has 202 valence electrons. The zero-order valence-corrected chi connectivity index (χ0v) is 21.6. The number of aliphatic hydroxyl groups excluding tert-OH is 1. The number of ketones is 5. The minimum Gasteiger partial charge on any atom is -0.393 e. The zero-order chi connectivity index (χ0) is 27.7. The number of carbonyl (C=O) groups is 5. The molecule has 0 fully saturated rings. The summed E-state index contributed by atoms with van der Waals surface area (Å²) in [7, 11) is 0. The summed E-state index contributed by atoms with van der Waals surface area (Å²) in [6, 6.07) is 0. The van der Waals surface area contributed by atoms with Gasteiger partial charge in [-0.3, -0.25) is 24.0 Å². The van der Waals surface area contributed by atoms with Crippen molar-refractivity contribution in [1.29, 1.82) is 0 Å². The zero-order valence-electron chi connectivity index (χ0n) is 21.6. The van der Waals surface area contributed by atoms with Gasteiger partial charge in [0.15, 0.2) is 34.5 Å². The van der Waals surface area contributed by atoms with E-state index >= 15 is 0 Å². The highest BCUT2D eigenvalue weighted by molar-refractivity contribution is 6.19. The molecular formula is C25H42O10. The Hall–Kier alpha value is -1.85. The molecule has 0 saturated heterocycles. The van der Waals surface area contributed by atoms with Crippen LogP contribution in [0.25, 0.3) is 0 Å². The van der Waals surface area contributed by atoms with Crippen LogP contribution < -0.4 is 0 Å². The van der Waals surface area contributed by atoms with Gasteiger partial charge in [0.1, 0.15) is 0 Å². The number of hydrogen-bond donors (Lipinski definition) is 5. The second-order valence-electron chi connectivity index (χ2n) is 9.02. The van der Waals surface area contributed by atoms with E-state index in [1.165, 1.54) is 34.6 Å². The van der Waals surface area contributed by atoms with Crippen LogP contribution >= 0.6 is 0 Å². The van der Waals surface area contributed by atoms with Crippen LogP contribution in [0.15, 0.2) is 0 Å². The Morgan fingerprint density at radius 3 is 1.09 bits per heavy atom. The lowest BCUT2D eigenvalue weighted by atomic mass is 9.55. The van der Waals surface area contributed by atoms with Gasteiger partial charge in [-0.15, -0.1) is 0 Å². The minimum absolute atomic E-state index is 0.000329. The average Bonchev–Trinajstić information content (AvgIpc) is 2.82. The van der Waals surface area contributed by atoms with Crippen molar-refractivity contribution in [3.8, 4) is 0 Å². The Labute approximate surface area is 206 Å². The van der Waals surface area contributed by atoms with Crippen molar-refractivity contribution >= 4 is 28.9 Å². The maximum absolute atomic E-state index is 13.5. The Morgan fingerprint density at radius 1 is 0.486 bits per heavy atom. The van der Waals surface area contributed by atoms with E-state index in [0.29, 0.717) is 0 Å². The van der Waals surface area contributed by atoms with Gasteiger partial charge in [-0.2, -0.15) is 0 Å². The fourth-order valence-corrected chi connectivity index (χ4v) is 4.43. The van der Waals surface area contributed by atoms with Gasteiger partial charge in [0.05, 0.1) is 6.61 Å². The first-order valence-corrected chi connectivity index (χ1v) is 12.4. The van der Waals surface area contributed by atoms with Crippen molar-refractivity contribution in [2.75, 3.05) is 6.61 Å². The van der Waals surface area contributed by atoms with Crippen molar-refractivity contribution < 1.29 is 49.5 Å². The summed E-state index contributed by atoms with van der Waals surface area (Å²) in [5, 5.41) is 57.0. The average molecular weight is 503 g/mol. The molecule has 10 heteroatoms. The van der Waals surface area contributed by atoms with Crippen molar-refractivity contribution in [3.63, 3.8) is 0 Å². The molecule has 0 aliphatic heterocycles. The third kappa shape index (κ3) is 5.46. The number of carbonyl (C=O) groups excluding carboxylic acids is 5. The van der Waals surface area contributed by atoms with Crippen LogP contribution in [-0.2, 0) is 24.0 Å². The third-order valence-corrected chi connectivity index (χ3v) is 6.34. The summed E-state index contributed by atoms with van der Waals surface area (Å²) in [6.07, 6.45) is -2.53. The highest BCUT2D eigenvalue weighted by Gasteiger charge is 2.79. The third-order valence-electron chi connectivity index (χ3n) is 6.34. The minimum atomic E-state index is -3.96. The number of hydrogen-bond acceptors (Lipinski definition) is 10. The molecule has 0 bridgehead atoms. The molecule has 0 rings (SSSR count). The number of rotatable bonds is 19. The fraction of sp³-hybridized carbons (Fsp3) is 0.800. The van der Waals surface area contributed by atoms with E-state index in [9.17, 15) is 49.5 Å². The molecule has 0 aromatic carbocycles. The lowest BCUT2D eigenvalue weighted by Gasteiger charge is -2.53. The summed E-state index contributed by atoms with van der Waals surface area (Å²) < 4.78 is 0. The maximum Gasteiger partial charge on any atom is 0.220 e. The van der Waals surface area contributed by atoms with E-state index in [4.69, 9.17) is 0 Å². The molecule has 5 N–H and O–H groups in total. The molecule has 0 radical (unpaired) electrons. The predicted octanol–water partition coefficient (Wildman–Crippen LogP) is 0.749. The standard InChI is InChI=1S/C25H42O10/c1-6-11-17(27)22(32,16-26)24(34,20(30)14-9-4)25(35,21(31)15-10-5)23(33,18(28)12-7-2)19(29)13-8-3/h26,32-35H,6-16H2,1-5H3/t22-,24-,25-/m0/s1. The summed E-state index contributed by atoms with van der Waals surface area (Å²) in [5.74, 6) is -6.96. The number of Topliss-reactive ketones (excluding diaryl/α,β-unsaturated/α-hetero) is 5. The van der Waals surface area contributed by atoms with Crippen molar-refractivity contribution in [1.82, 2.24) is 0 Å². The fourth-order valence-electron chi connectivity index (χ4n) is 4.43. The van der Waals surface area contributed by atoms with E-state index in [2.05, 4.69) is 0 Å². The molecule has 0 aliphatic rings. The topological polar surface area (TPSA) is 186 Å². The Kier molecular flexibility index (Phi) is 12.7. The van der Waals surface area contributed by atoms with Crippen LogP contribution in [0.1, 0.15) is 98.8 Å². The molecule has 0 aliphatic carbocycles. The molecule has 0 amide bonds.